The monoisotopic (exact) mass is 260 g/mol. The number of aryl methyl sites for hydroxylation is 3. The molecule has 100 valence electrons. The fraction of sp³-hybridized carbons (Fsp3) is 0.357. The van der Waals surface area contributed by atoms with Crippen LogP contribution in [0.4, 0.5) is 4.79 Å². The number of imide groups is 1. The number of benzene rings is 1. The largest absolute Gasteiger partial charge is 0.329 e. The predicted octanol–water partition coefficient (Wildman–Crippen LogP) is 1.35. The van der Waals surface area contributed by atoms with Gasteiger partial charge in [-0.3, -0.25) is 14.5 Å². The number of nitrogens with zero attached hydrogens (tertiary/aromatic N) is 1. The third-order valence-corrected chi connectivity index (χ3v) is 3.19. The van der Waals surface area contributed by atoms with Gasteiger partial charge in [0.15, 0.2) is 5.78 Å². The highest BCUT2D eigenvalue weighted by Gasteiger charge is 2.31. The van der Waals surface area contributed by atoms with E-state index in [4.69, 9.17) is 0 Å². The molecule has 1 aromatic carbocycles. The molecule has 1 fully saturated rings. The van der Waals surface area contributed by atoms with Crippen molar-refractivity contribution in [1.82, 2.24) is 10.2 Å². The molecule has 1 aromatic rings. The Kier molecular flexibility index (Phi) is 3.38. The topological polar surface area (TPSA) is 66.5 Å². The highest BCUT2D eigenvalue weighted by Crippen LogP contribution is 2.17. The van der Waals surface area contributed by atoms with Gasteiger partial charge in [-0.05, 0) is 31.9 Å². The normalized spacial score (nSPS) is 14.8. The van der Waals surface area contributed by atoms with Gasteiger partial charge in [-0.25, -0.2) is 4.79 Å². The van der Waals surface area contributed by atoms with Gasteiger partial charge in [-0.15, -0.1) is 0 Å². The van der Waals surface area contributed by atoms with Crippen LogP contribution in [0.15, 0.2) is 12.1 Å². The van der Waals surface area contributed by atoms with Gasteiger partial charge < -0.3 is 5.32 Å². The third kappa shape index (κ3) is 2.50. The van der Waals surface area contributed by atoms with E-state index in [1.165, 1.54) is 0 Å². The molecule has 5 nitrogen and oxygen atoms in total. The number of rotatable bonds is 3. The maximum atomic E-state index is 12.3. The lowest BCUT2D eigenvalue weighted by Gasteiger charge is -2.14. The smallest absolute Gasteiger partial charge is 0.325 e. The first kappa shape index (κ1) is 13.3. The number of urea groups is 1. The maximum absolute atomic E-state index is 12.3. The number of hydrogen-bond acceptors (Lipinski definition) is 3. The van der Waals surface area contributed by atoms with E-state index in [0.29, 0.717) is 5.56 Å². The maximum Gasteiger partial charge on any atom is 0.325 e. The van der Waals surface area contributed by atoms with Crippen molar-refractivity contribution < 1.29 is 14.4 Å². The summed E-state index contributed by atoms with van der Waals surface area (Å²) in [5.41, 5.74) is 3.42. The molecule has 1 saturated heterocycles. The lowest BCUT2D eigenvalue weighted by molar-refractivity contribution is -0.124. The molecular formula is C14H16N2O3. The van der Waals surface area contributed by atoms with Crippen LogP contribution in [0, 0.1) is 20.8 Å². The number of nitrogens with one attached hydrogen (secondary N) is 1. The fourth-order valence-electron chi connectivity index (χ4n) is 2.46. The standard InChI is InChI=1S/C14H16N2O3/c1-8-4-9(2)13(10(3)5-8)11(17)7-16-12(18)6-15-14(16)19/h4-5H,6-7H2,1-3H3,(H,15,19). The zero-order valence-electron chi connectivity index (χ0n) is 11.2. The molecule has 0 atom stereocenters. The molecule has 0 spiro atoms. The molecule has 2 rings (SSSR count). The third-order valence-electron chi connectivity index (χ3n) is 3.19. The first-order chi connectivity index (χ1) is 8.90. The van der Waals surface area contributed by atoms with Crippen LogP contribution in [0.5, 0.6) is 0 Å². The molecule has 0 bridgehead atoms. The summed E-state index contributed by atoms with van der Waals surface area (Å²) in [5, 5.41) is 2.40. The molecule has 0 aliphatic carbocycles. The van der Waals surface area contributed by atoms with Crippen LogP contribution in [0.25, 0.3) is 0 Å². The Morgan fingerprint density at radius 2 is 1.79 bits per heavy atom. The SMILES string of the molecule is Cc1cc(C)c(C(=O)CN2C(=O)CNC2=O)c(C)c1. The molecule has 0 saturated carbocycles. The van der Waals surface area contributed by atoms with Gasteiger partial charge in [0.2, 0.25) is 5.91 Å². The van der Waals surface area contributed by atoms with Crippen molar-refractivity contribution in [3.05, 3.63) is 34.4 Å². The van der Waals surface area contributed by atoms with E-state index in [-0.39, 0.29) is 24.8 Å². The molecule has 0 radical (unpaired) electrons. The van der Waals surface area contributed by atoms with Crippen molar-refractivity contribution in [2.45, 2.75) is 20.8 Å². The highest BCUT2D eigenvalue weighted by atomic mass is 16.2. The van der Waals surface area contributed by atoms with Crippen LogP contribution in [0.2, 0.25) is 0 Å². The fourth-order valence-corrected chi connectivity index (χ4v) is 2.46. The van der Waals surface area contributed by atoms with E-state index in [2.05, 4.69) is 5.32 Å². The number of hydrogen-bond donors (Lipinski definition) is 1. The molecular weight excluding hydrogens is 244 g/mol. The summed E-state index contributed by atoms with van der Waals surface area (Å²) >= 11 is 0. The van der Waals surface area contributed by atoms with Crippen molar-refractivity contribution in [2.24, 2.45) is 0 Å². The van der Waals surface area contributed by atoms with Crippen LogP contribution in [0.3, 0.4) is 0 Å². The van der Waals surface area contributed by atoms with Gasteiger partial charge in [-0.1, -0.05) is 17.7 Å². The second-order valence-corrected chi connectivity index (χ2v) is 4.84. The summed E-state index contributed by atoms with van der Waals surface area (Å²) in [6.07, 6.45) is 0. The Balaban J connectivity index is 2.26. The van der Waals surface area contributed by atoms with Crippen LogP contribution < -0.4 is 5.32 Å². The van der Waals surface area contributed by atoms with Gasteiger partial charge in [0, 0.05) is 5.56 Å². The molecule has 1 heterocycles. The number of Topliss-reactive ketones (excluding diaryl/α,β-unsaturated/α-hetero) is 1. The first-order valence-electron chi connectivity index (χ1n) is 6.09. The molecule has 5 heteroatoms. The predicted molar refractivity (Wildman–Crippen MR) is 70.1 cm³/mol. The number of carbonyl (C=O) groups is 3. The van der Waals surface area contributed by atoms with Crippen molar-refractivity contribution in [1.29, 1.82) is 0 Å². The van der Waals surface area contributed by atoms with Gasteiger partial charge in [0.1, 0.15) is 0 Å². The lowest BCUT2D eigenvalue weighted by Crippen LogP contribution is -2.36. The van der Waals surface area contributed by atoms with E-state index < -0.39 is 6.03 Å². The molecule has 0 unspecified atom stereocenters. The average molecular weight is 260 g/mol. The van der Waals surface area contributed by atoms with E-state index in [9.17, 15) is 14.4 Å². The minimum Gasteiger partial charge on any atom is -0.329 e. The van der Waals surface area contributed by atoms with Crippen LogP contribution in [-0.4, -0.2) is 35.7 Å². The zero-order valence-corrected chi connectivity index (χ0v) is 11.2. The summed E-state index contributed by atoms with van der Waals surface area (Å²) in [4.78, 5) is 36.1. The quantitative estimate of drug-likeness (QED) is 0.659. The zero-order chi connectivity index (χ0) is 14.2. The number of amides is 3. The molecule has 1 N–H and O–H groups in total. The lowest BCUT2D eigenvalue weighted by atomic mass is 9.96. The number of carbonyl (C=O) groups excluding carboxylic acids is 3. The minimum atomic E-state index is -0.499. The second-order valence-electron chi connectivity index (χ2n) is 4.84. The number of ketones is 1. The van der Waals surface area contributed by atoms with E-state index in [1.807, 2.05) is 32.9 Å². The average Bonchev–Trinajstić information content (AvgIpc) is 2.59. The summed E-state index contributed by atoms with van der Waals surface area (Å²) in [6.45, 7) is 5.46. The Morgan fingerprint density at radius 3 is 2.26 bits per heavy atom. The second kappa shape index (κ2) is 4.84. The molecule has 1 aliphatic rings. The van der Waals surface area contributed by atoms with Crippen molar-refractivity contribution in [3.8, 4) is 0 Å². The van der Waals surface area contributed by atoms with Crippen molar-refractivity contribution in [3.63, 3.8) is 0 Å². The van der Waals surface area contributed by atoms with Crippen molar-refractivity contribution >= 4 is 17.7 Å². The minimum absolute atomic E-state index is 0.0298. The van der Waals surface area contributed by atoms with Crippen LogP contribution in [-0.2, 0) is 4.79 Å². The van der Waals surface area contributed by atoms with E-state index >= 15 is 0 Å². The summed E-state index contributed by atoms with van der Waals surface area (Å²) in [7, 11) is 0. The van der Waals surface area contributed by atoms with Crippen LogP contribution >= 0.6 is 0 Å². The van der Waals surface area contributed by atoms with Crippen molar-refractivity contribution in [2.75, 3.05) is 13.1 Å². The van der Waals surface area contributed by atoms with Crippen LogP contribution in [0.1, 0.15) is 27.0 Å². The van der Waals surface area contributed by atoms with Gasteiger partial charge >= 0.3 is 6.03 Å². The van der Waals surface area contributed by atoms with Gasteiger partial charge in [0.05, 0.1) is 13.1 Å². The Bertz CT molecular complexity index is 539. The molecule has 19 heavy (non-hydrogen) atoms. The summed E-state index contributed by atoms with van der Waals surface area (Å²) < 4.78 is 0. The summed E-state index contributed by atoms with van der Waals surface area (Å²) in [5.74, 6) is -0.568. The molecule has 3 amide bonds. The summed E-state index contributed by atoms with van der Waals surface area (Å²) in [6, 6.07) is 3.35. The Labute approximate surface area is 111 Å². The Morgan fingerprint density at radius 1 is 1.21 bits per heavy atom. The van der Waals surface area contributed by atoms with Gasteiger partial charge in [0.25, 0.3) is 0 Å². The Hall–Kier alpha value is -2.17. The van der Waals surface area contributed by atoms with Gasteiger partial charge in [-0.2, -0.15) is 0 Å². The van der Waals surface area contributed by atoms with E-state index in [0.717, 1.165) is 21.6 Å². The highest BCUT2D eigenvalue weighted by molar-refractivity contribution is 6.08. The first-order valence-corrected chi connectivity index (χ1v) is 6.09. The molecule has 0 aromatic heterocycles. The molecule has 1 aliphatic heterocycles. The van der Waals surface area contributed by atoms with E-state index in [1.54, 1.807) is 0 Å².